The van der Waals surface area contributed by atoms with Crippen molar-refractivity contribution >= 4 is 31.5 Å². The van der Waals surface area contributed by atoms with E-state index in [1.54, 1.807) is 0 Å². The van der Waals surface area contributed by atoms with E-state index in [1.165, 1.54) is 36.9 Å². The molecule has 0 saturated carbocycles. The maximum atomic E-state index is 4.51. The first-order valence-corrected chi connectivity index (χ1v) is 9.55. The van der Waals surface area contributed by atoms with Crippen LogP contribution in [-0.4, -0.2) is 4.98 Å². The molecule has 2 heteroatoms. The van der Waals surface area contributed by atoms with Crippen molar-refractivity contribution in [1.82, 2.24) is 4.98 Å². The molecule has 0 radical (unpaired) electrons. The van der Waals surface area contributed by atoms with Crippen molar-refractivity contribution < 1.29 is 0 Å². The van der Waals surface area contributed by atoms with Crippen molar-refractivity contribution in [1.29, 1.82) is 0 Å². The third-order valence-corrected chi connectivity index (χ3v) is 6.11. The van der Waals surface area contributed by atoms with Crippen LogP contribution in [0.1, 0.15) is 5.56 Å². The van der Waals surface area contributed by atoms with Gasteiger partial charge >= 0.3 is 0 Å². The van der Waals surface area contributed by atoms with Crippen molar-refractivity contribution in [2.24, 2.45) is 0 Å². The summed E-state index contributed by atoms with van der Waals surface area (Å²) in [5.74, 6) is 0. The van der Waals surface area contributed by atoms with Gasteiger partial charge in [0.25, 0.3) is 0 Å². The minimum atomic E-state index is 1.01. The lowest BCUT2D eigenvalue weighted by Gasteiger charge is -2.10. The summed E-state index contributed by atoms with van der Waals surface area (Å²) >= 11 is 1.88. The average molecular weight is 351 g/mol. The average Bonchev–Trinajstić information content (AvgIpc) is 3.08. The van der Waals surface area contributed by atoms with Gasteiger partial charge in [-0.3, -0.25) is 4.98 Å². The number of hydrogen-bond acceptors (Lipinski definition) is 2. The Morgan fingerprint density at radius 2 is 1.58 bits per heavy atom. The van der Waals surface area contributed by atoms with Crippen LogP contribution in [0.4, 0.5) is 0 Å². The number of rotatable bonds is 2. The lowest BCUT2D eigenvalue weighted by molar-refractivity contribution is 1.32. The predicted octanol–water partition coefficient (Wildman–Crippen LogP) is 7.09. The third-order valence-electron chi connectivity index (χ3n) is 4.89. The Morgan fingerprint density at radius 3 is 2.46 bits per heavy atom. The van der Waals surface area contributed by atoms with Gasteiger partial charge in [-0.15, -0.1) is 11.3 Å². The molecule has 0 amide bonds. The van der Waals surface area contributed by atoms with E-state index in [4.69, 9.17) is 0 Å². The molecule has 0 N–H and O–H groups in total. The van der Waals surface area contributed by atoms with Crippen LogP contribution < -0.4 is 0 Å². The molecule has 3 aromatic carbocycles. The zero-order chi connectivity index (χ0) is 17.5. The van der Waals surface area contributed by atoms with E-state index in [1.807, 2.05) is 29.7 Å². The molecule has 0 atom stereocenters. The molecular weight excluding hydrogens is 334 g/mol. The highest BCUT2D eigenvalue weighted by atomic mass is 32.1. The van der Waals surface area contributed by atoms with E-state index in [9.17, 15) is 0 Å². The highest BCUT2D eigenvalue weighted by Crippen LogP contribution is 2.41. The summed E-state index contributed by atoms with van der Waals surface area (Å²) < 4.78 is 2.70. The van der Waals surface area contributed by atoms with E-state index in [0.717, 1.165) is 11.3 Å². The minimum Gasteiger partial charge on any atom is -0.256 e. The molecule has 2 aromatic heterocycles. The summed E-state index contributed by atoms with van der Waals surface area (Å²) in [7, 11) is 0. The van der Waals surface area contributed by atoms with Gasteiger partial charge in [0.1, 0.15) is 0 Å². The summed E-state index contributed by atoms with van der Waals surface area (Å²) in [6.45, 7) is 2.18. The monoisotopic (exact) mass is 351 g/mol. The van der Waals surface area contributed by atoms with E-state index in [0.29, 0.717) is 0 Å². The summed E-state index contributed by atoms with van der Waals surface area (Å²) in [5, 5.41) is 2.68. The quantitative estimate of drug-likeness (QED) is 0.331. The predicted molar refractivity (Wildman–Crippen MR) is 113 cm³/mol. The van der Waals surface area contributed by atoms with Gasteiger partial charge in [-0.25, -0.2) is 0 Å². The standard InChI is InChI=1S/C24H17NS/c1-16-12-13-17(22-10-4-5-14-25-22)15-21(16)20-9-6-8-19-18-7-2-3-11-23(18)26-24(19)20/h2-15H,1H3. The largest absolute Gasteiger partial charge is 0.256 e. The maximum absolute atomic E-state index is 4.51. The van der Waals surface area contributed by atoms with Crippen molar-refractivity contribution in [2.75, 3.05) is 0 Å². The molecule has 1 nitrogen and oxygen atoms in total. The Hall–Kier alpha value is -2.97. The lowest BCUT2D eigenvalue weighted by atomic mass is 9.95. The van der Waals surface area contributed by atoms with Gasteiger partial charge in [0.15, 0.2) is 0 Å². The first-order valence-electron chi connectivity index (χ1n) is 8.74. The second-order valence-corrected chi connectivity index (χ2v) is 7.58. The molecule has 5 aromatic rings. The maximum Gasteiger partial charge on any atom is 0.0702 e. The van der Waals surface area contributed by atoms with Gasteiger partial charge in [0, 0.05) is 31.9 Å². The Kier molecular flexibility index (Phi) is 3.58. The van der Waals surface area contributed by atoms with Gasteiger partial charge in [0.05, 0.1) is 5.69 Å². The van der Waals surface area contributed by atoms with Crippen LogP contribution in [0.2, 0.25) is 0 Å². The van der Waals surface area contributed by atoms with Crippen LogP contribution in [0, 0.1) is 6.92 Å². The molecule has 0 saturated heterocycles. The lowest BCUT2D eigenvalue weighted by Crippen LogP contribution is -1.87. The van der Waals surface area contributed by atoms with Crippen LogP contribution in [0.15, 0.2) is 85.1 Å². The minimum absolute atomic E-state index is 1.01. The Labute approximate surface area is 156 Å². The molecule has 124 valence electrons. The van der Waals surface area contributed by atoms with Crippen molar-refractivity contribution in [3.8, 4) is 22.4 Å². The van der Waals surface area contributed by atoms with Gasteiger partial charge in [-0.2, -0.15) is 0 Å². The van der Waals surface area contributed by atoms with E-state index < -0.39 is 0 Å². The second kappa shape index (κ2) is 6.08. The number of nitrogens with zero attached hydrogens (tertiary/aromatic N) is 1. The molecule has 5 rings (SSSR count). The zero-order valence-corrected chi connectivity index (χ0v) is 15.3. The number of thiophene rings is 1. The first kappa shape index (κ1) is 15.3. The first-order chi connectivity index (χ1) is 12.8. The van der Waals surface area contributed by atoms with Crippen LogP contribution in [-0.2, 0) is 0 Å². The highest BCUT2D eigenvalue weighted by molar-refractivity contribution is 7.26. The van der Waals surface area contributed by atoms with Crippen LogP contribution in [0.5, 0.6) is 0 Å². The van der Waals surface area contributed by atoms with E-state index >= 15 is 0 Å². The topological polar surface area (TPSA) is 12.9 Å². The fourth-order valence-electron chi connectivity index (χ4n) is 3.56. The normalized spacial score (nSPS) is 11.3. The highest BCUT2D eigenvalue weighted by Gasteiger charge is 2.12. The molecule has 0 fully saturated rings. The summed E-state index contributed by atoms with van der Waals surface area (Å²) in [6, 6.07) is 28.0. The van der Waals surface area contributed by atoms with Crippen LogP contribution in [0.3, 0.4) is 0 Å². The third kappa shape index (κ3) is 2.42. The number of pyridine rings is 1. The molecular formula is C24H17NS. The fourth-order valence-corrected chi connectivity index (χ4v) is 4.79. The van der Waals surface area contributed by atoms with Gasteiger partial charge in [-0.1, -0.05) is 54.6 Å². The molecule has 26 heavy (non-hydrogen) atoms. The Bertz CT molecular complexity index is 1240. The summed E-state index contributed by atoms with van der Waals surface area (Å²) in [5.41, 5.74) is 6.04. The SMILES string of the molecule is Cc1ccc(-c2ccccn2)cc1-c1cccc2c1sc1ccccc12. The molecule has 0 aliphatic carbocycles. The molecule has 0 spiro atoms. The molecule has 0 aliphatic rings. The number of benzene rings is 3. The van der Waals surface area contributed by atoms with Crippen LogP contribution in [0.25, 0.3) is 42.6 Å². The number of aromatic nitrogens is 1. The number of fused-ring (bicyclic) bond motifs is 3. The number of aryl methyl sites for hydroxylation is 1. The van der Waals surface area contributed by atoms with Crippen LogP contribution >= 0.6 is 11.3 Å². The van der Waals surface area contributed by atoms with Crippen molar-refractivity contribution in [2.45, 2.75) is 6.92 Å². The van der Waals surface area contributed by atoms with E-state index in [2.05, 4.69) is 78.6 Å². The van der Waals surface area contributed by atoms with E-state index in [-0.39, 0.29) is 0 Å². The van der Waals surface area contributed by atoms with Crippen molar-refractivity contribution in [3.05, 3.63) is 90.6 Å². The molecule has 0 unspecified atom stereocenters. The molecule has 2 heterocycles. The fraction of sp³-hybridized carbons (Fsp3) is 0.0417. The number of hydrogen-bond donors (Lipinski definition) is 0. The Morgan fingerprint density at radius 1 is 0.731 bits per heavy atom. The van der Waals surface area contributed by atoms with Gasteiger partial charge in [-0.05, 0) is 47.9 Å². The summed E-state index contributed by atoms with van der Waals surface area (Å²) in [6.07, 6.45) is 1.85. The summed E-state index contributed by atoms with van der Waals surface area (Å²) in [4.78, 5) is 4.51. The van der Waals surface area contributed by atoms with Gasteiger partial charge < -0.3 is 0 Å². The smallest absolute Gasteiger partial charge is 0.0702 e. The van der Waals surface area contributed by atoms with Gasteiger partial charge in [0.2, 0.25) is 0 Å². The Balaban J connectivity index is 1.78. The molecule has 0 bridgehead atoms. The zero-order valence-electron chi connectivity index (χ0n) is 14.4. The second-order valence-electron chi connectivity index (χ2n) is 6.53. The molecule has 0 aliphatic heterocycles. The van der Waals surface area contributed by atoms with Crippen molar-refractivity contribution in [3.63, 3.8) is 0 Å².